The van der Waals surface area contributed by atoms with Gasteiger partial charge in [-0.2, -0.15) is 0 Å². The van der Waals surface area contributed by atoms with Crippen molar-refractivity contribution in [2.45, 2.75) is 6.23 Å². The van der Waals surface area contributed by atoms with Crippen molar-refractivity contribution >= 4 is 5.78 Å². The molecule has 0 N–H and O–H groups in total. The first-order chi connectivity index (χ1) is 7.66. The Morgan fingerprint density at radius 3 is 2.62 bits per heavy atom. The normalized spacial score (nSPS) is 11.8. The third kappa shape index (κ3) is 2.99. The highest BCUT2D eigenvalue weighted by molar-refractivity contribution is 5.98. The van der Waals surface area contributed by atoms with E-state index in [2.05, 4.69) is 6.58 Å². The van der Waals surface area contributed by atoms with Crippen LogP contribution in [0, 0.1) is 10.1 Å². The number of rotatable bonds is 6. The first-order valence-corrected chi connectivity index (χ1v) is 4.62. The average molecular weight is 221 g/mol. The van der Waals surface area contributed by atoms with E-state index in [0.29, 0.717) is 0 Å². The Labute approximate surface area is 92.5 Å². The Kier molecular flexibility index (Phi) is 4.35. The van der Waals surface area contributed by atoms with Crippen LogP contribution in [0.5, 0.6) is 0 Å². The summed E-state index contributed by atoms with van der Waals surface area (Å²) in [7, 11) is 0. The van der Waals surface area contributed by atoms with Crippen molar-refractivity contribution in [3.05, 3.63) is 58.7 Å². The van der Waals surface area contributed by atoms with Crippen LogP contribution in [-0.2, 0) is 4.74 Å². The predicted octanol–water partition coefficient (Wildman–Crippen LogP) is 1.67. The molecule has 0 spiro atoms. The molecule has 1 aromatic rings. The van der Waals surface area contributed by atoms with Gasteiger partial charge in [-0.1, -0.05) is 36.4 Å². The molecule has 1 unspecified atom stereocenters. The molecule has 16 heavy (non-hydrogen) atoms. The van der Waals surface area contributed by atoms with Crippen LogP contribution in [0.2, 0.25) is 0 Å². The van der Waals surface area contributed by atoms with E-state index in [1.165, 1.54) is 18.2 Å². The first kappa shape index (κ1) is 12.1. The Morgan fingerprint density at radius 2 is 2.12 bits per heavy atom. The molecule has 5 heteroatoms. The summed E-state index contributed by atoms with van der Waals surface area (Å²) in [6.07, 6.45) is -0.310. The highest BCUT2D eigenvalue weighted by Gasteiger charge is 2.31. The van der Waals surface area contributed by atoms with Crippen molar-refractivity contribution < 1.29 is 14.5 Å². The van der Waals surface area contributed by atoms with Crippen LogP contribution in [0.3, 0.4) is 0 Å². The zero-order valence-electron chi connectivity index (χ0n) is 8.54. The molecule has 0 saturated carbocycles. The van der Waals surface area contributed by atoms with E-state index in [1.54, 1.807) is 18.2 Å². The van der Waals surface area contributed by atoms with Gasteiger partial charge in [0.25, 0.3) is 5.78 Å². The molecule has 84 valence electrons. The van der Waals surface area contributed by atoms with Gasteiger partial charge >= 0.3 is 6.23 Å². The molecule has 0 radical (unpaired) electrons. The molecule has 1 aromatic carbocycles. The SMILES string of the molecule is C=CCOC(C(=O)c1ccccc1)[N+](=O)[O-]. The maximum absolute atomic E-state index is 11.7. The summed E-state index contributed by atoms with van der Waals surface area (Å²) in [5, 5.41) is 10.6. The second-order valence-electron chi connectivity index (χ2n) is 2.99. The van der Waals surface area contributed by atoms with Gasteiger partial charge in [0.2, 0.25) is 0 Å². The number of ketones is 1. The molecule has 0 amide bonds. The third-order valence-corrected chi connectivity index (χ3v) is 1.85. The van der Waals surface area contributed by atoms with Crippen molar-refractivity contribution in [1.82, 2.24) is 0 Å². The number of ether oxygens (including phenoxy) is 1. The van der Waals surface area contributed by atoms with Gasteiger partial charge < -0.3 is 4.74 Å². The Balaban J connectivity index is 2.83. The van der Waals surface area contributed by atoms with Crippen LogP contribution in [0.4, 0.5) is 0 Å². The summed E-state index contributed by atoms with van der Waals surface area (Å²) >= 11 is 0. The third-order valence-electron chi connectivity index (χ3n) is 1.85. The quantitative estimate of drug-likeness (QED) is 0.241. The fourth-order valence-electron chi connectivity index (χ4n) is 1.14. The van der Waals surface area contributed by atoms with Crippen LogP contribution < -0.4 is 0 Å². The number of benzene rings is 1. The molecule has 0 aromatic heterocycles. The monoisotopic (exact) mass is 221 g/mol. The molecule has 0 aliphatic rings. The van der Waals surface area contributed by atoms with Crippen LogP contribution in [-0.4, -0.2) is 23.5 Å². The van der Waals surface area contributed by atoms with Crippen LogP contribution in [0.1, 0.15) is 10.4 Å². The number of nitrogens with zero attached hydrogens (tertiary/aromatic N) is 1. The number of carbonyl (C=O) groups is 1. The number of Topliss-reactive ketones (excluding diaryl/α,β-unsaturated/α-hetero) is 1. The molecule has 1 rings (SSSR count). The lowest BCUT2D eigenvalue weighted by atomic mass is 10.1. The fraction of sp³-hybridized carbons (Fsp3) is 0.182. The minimum atomic E-state index is -1.67. The Bertz CT molecular complexity index is 388. The minimum absolute atomic E-state index is 0.0375. The molecule has 0 aliphatic heterocycles. The van der Waals surface area contributed by atoms with Crippen molar-refractivity contribution in [2.24, 2.45) is 0 Å². The van der Waals surface area contributed by atoms with Gasteiger partial charge in [0.05, 0.1) is 11.5 Å². The van der Waals surface area contributed by atoms with Gasteiger partial charge in [0, 0.05) is 5.56 Å². The molecular weight excluding hydrogens is 210 g/mol. The second kappa shape index (κ2) is 5.77. The van der Waals surface area contributed by atoms with Gasteiger partial charge in [-0.25, -0.2) is 0 Å². The van der Waals surface area contributed by atoms with E-state index in [-0.39, 0.29) is 12.2 Å². The number of nitro groups is 1. The van der Waals surface area contributed by atoms with E-state index in [4.69, 9.17) is 4.74 Å². The van der Waals surface area contributed by atoms with Crippen molar-refractivity contribution in [3.8, 4) is 0 Å². The lowest BCUT2D eigenvalue weighted by molar-refractivity contribution is -0.554. The van der Waals surface area contributed by atoms with Gasteiger partial charge in [-0.05, 0) is 0 Å². The molecule has 0 saturated heterocycles. The highest BCUT2D eigenvalue weighted by atomic mass is 16.7. The largest absolute Gasteiger partial charge is 0.379 e. The van der Waals surface area contributed by atoms with E-state index < -0.39 is 16.9 Å². The smallest absolute Gasteiger partial charge is 0.307 e. The van der Waals surface area contributed by atoms with Crippen molar-refractivity contribution in [3.63, 3.8) is 0 Å². The summed E-state index contributed by atoms with van der Waals surface area (Å²) in [4.78, 5) is 21.6. The topological polar surface area (TPSA) is 69.4 Å². The van der Waals surface area contributed by atoms with Gasteiger partial charge in [0.1, 0.15) is 0 Å². The zero-order valence-corrected chi connectivity index (χ0v) is 8.54. The summed E-state index contributed by atoms with van der Waals surface area (Å²) in [6, 6.07) is 8.02. The van der Waals surface area contributed by atoms with E-state index in [1.807, 2.05) is 0 Å². The average Bonchev–Trinajstić information content (AvgIpc) is 2.30. The minimum Gasteiger partial charge on any atom is -0.307 e. The molecule has 0 aliphatic carbocycles. The number of hydrogen-bond acceptors (Lipinski definition) is 4. The lowest BCUT2D eigenvalue weighted by Gasteiger charge is -2.07. The van der Waals surface area contributed by atoms with E-state index in [9.17, 15) is 14.9 Å². The van der Waals surface area contributed by atoms with Crippen molar-refractivity contribution in [2.75, 3.05) is 6.61 Å². The van der Waals surface area contributed by atoms with E-state index in [0.717, 1.165) is 0 Å². The Hall–Kier alpha value is -2.01. The summed E-state index contributed by atoms with van der Waals surface area (Å²) < 4.78 is 4.80. The van der Waals surface area contributed by atoms with Crippen LogP contribution in [0.25, 0.3) is 0 Å². The van der Waals surface area contributed by atoms with Crippen molar-refractivity contribution in [1.29, 1.82) is 0 Å². The van der Waals surface area contributed by atoms with Crippen LogP contribution >= 0.6 is 0 Å². The molecule has 0 fully saturated rings. The number of carbonyl (C=O) groups excluding carboxylic acids is 1. The molecule has 0 heterocycles. The Morgan fingerprint density at radius 1 is 1.50 bits per heavy atom. The standard InChI is InChI=1S/C11H11NO4/c1-2-8-16-11(12(14)15)10(13)9-6-4-3-5-7-9/h2-7,11H,1,8H2. The summed E-state index contributed by atoms with van der Waals surface area (Å²) in [5.41, 5.74) is 0.258. The molecular formula is C11H11NO4. The lowest BCUT2D eigenvalue weighted by Crippen LogP contribution is -2.32. The highest BCUT2D eigenvalue weighted by Crippen LogP contribution is 2.07. The van der Waals surface area contributed by atoms with E-state index >= 15 is 0 Å². The summed E-state index contributed by atoms with van der Waals surface area (Å²) in [5.74, 6) is -0.660. The first-order valence-electron chi connectivity index (χ1n) is 4.62. The summed E-state index contributed by atoms with van der Waals surface area (Å²) in [6.45, 7) is 3.33. The fourth-order valence-corrected chi connectivity index (χ4v) is 1.14. The maximum atomic E-state index is 11.7. The van der Waals surface area contributed by atoms with Gasteiger partial charge in [0.15, 0.2) is 0 Å². The molecule has 5 nitrogen and oxygen atoms in total. The number of hydrogen-bond donors (Lipinski definition) is 0. The predicted molar refractivity (Wildman–Crippen MR) is 57.7 cm³/mol. The maximum Gasteiger partial charge on any atom is 0.379 e. The molecule has 1 atom stereocenters. The van der Waals surface area contributed by atoms with Gasteiger partial charge in [-0.15, -0.1) is 6.58 Å². The van der Waals surface area contributed by atoms with Gasteiger partial charge in [-0.3, -0.25) is 14.9 Å². The van der Waals surface area contributed by atoms with Crippen LogP contribution in [0.15, 0.2) is 43.0 Å². The molecule has 0 bridgehead atoms. The second-order valence-corrected chi connectivity index (χ2v) is 2.99. The zero-order chi connectivity index (χ0) is 12.0.